The maximum atomic E-state index is 13.0. The van der Waals surface area contributed by atoms with E-state index in [1.165, 1.54) is 4.88 Å². The number of allylic oxidation sites excluding steroid dienone is 1. The van der Waals surface area contributed by atoms with Gasteiger partial charge in [-0.05, 0) is 18.6 Å². The number of fused-ring (bicyclic) bond motifs is 3. The largest absolute Gasteiger partial charge is 0.459 e. The number of aryl methyl sites for hydroxylation is 1. The van der Waals surface area contributed by atoms with Crippen molar-refractivity contribution < 1.29 is 9.53 Å². The van der Waals surface area contributed by atoms with E-state index in [1.807, 2.05) is 41.8 Å². The van der Waals surface area contributed by atoms with Gasteiger partial charge >= 0.3 is 5.97 Å². The second kappa shape index (κ2) is 7.44. The predicted octanol–water partition coefficient (Wildman–Crippen LogP) is 3.65. The molecule has 7 heteroatoms. The smallest absolute Gasteiger partial charge is 0.328 e. The number of carbonyl (C=O) groups excluding carboxylic acids is 1. The van der Waals surface area contributed by atoms with Crippen LogP contribution in [0.4, 0.5) is 0 Å². The molecule has 4 rings (SSSR count). The number of hydrogen-bond acceptors (Lipinski definition) is 5. The summed E-state index contributed by atoms with van der Waals surface area (Å²) in [5, 5.41) is 5.00. The Morgan fingerprint density at radius 1 is 1.32 bits per heavy atom. The van der Waals surface area contributed by atoms with E-state index < -0.39 is 5.97 Å². The molecule has 0 unspecified atom stereocenters. The van der Waals surface area contributed by atoms with Crippen molar-refractivity contribution in [3.05, 3.63) is 76.0 Å². The summed E-state index contributed by atoms with van der Waals surface area (Å²) in [6, 6.07) is 11.5. The first-order valence-electron chi connectivity index (χ1n) is 8.87. The fraction of sp³-hybridized carbons (Fsp3) is 0.190. The van der Waals surface area contributed by atoms with Crippen LogP contribution >= 0.6 is 11.3 Å². The highest BCUT2D eigenvalue weighted by Gasteiger charge is 2.18. The maximum absolute atomic E-state index is 13.0. The summed E-state index contributed by atoms with van der Waals surface area (Å²) in [4.78, 5) is 26.4. The summed E-state index contributed by atoms with van der Waals surface area (Å²) in [6.07, 6.45) is 3.41. The molecule has 0 aliphatic heterocycles. The van der Waals surface area contributed by atoms with Crippen molar-refractivity contribution >= 4 is 38.4 Å². The number of hydrogen-bond donors (Lipinski definition) is 0. The van der Waals surface area contributed by atoms with E-state index in [0.29, 0.717) is 12.1 Å². The normalized spacial score (nSPS) is 11.2. The predicted molar refractivity (Wildman–Crippen MR) is 111 cm³/mol. The van der Waals surface area contributed by atoms with Crippen molar-refractivity contribution in [2.75, 3.05) is 0 Å². The number of thiophene rings is 1. The van der Waals surface area contributed by atoms with Gasteiger partial charge in [0.25, 0.3) is 5.56 Å². The Morgan fingerprint density at radius 2 is 2.11 bits per heavy atom. The van der Waals surface area contributed by atoms with Crippen LogP contribution in [0.25, 0.3) is 21.1 Å². The first-order valence-corrected chi connectivity index (χ1v) is 9.69. The van der Waals surface area contributed by atoms with Crippen LogP contribution in [-0.2, 0) is 29.2 Å². The zero-order valence-electron chi connectivity index (χ0n) is 15.4. The lowest BCUT2D eigenvalue weighted by atomic mass is 10.2. The quantitative estimate of drug-likeness (QED) is 0.370. The summed E-state index contributed by atoms with van der Waals surface area (Å²) in [5.41, 5.74) is 2.10. The Hall–Kier alpha value is -3.19. The van der Waals surface area contributed by atoms with Gasteiger partial charge in [0, 0.05) is 16.8 Å². The fourth-order valence-corrected chi connectivity index (χ4v) is 4.28. The number of benzene rings is 1. The van der Waals surface area contributed by atoms with Crippen molar-refractivity contribution in [1.82, 2.24) is 14.3 Å². The third-order valence-electron chi connectivity index (χ3n) is 4.49. The number of ether oxygens (including phenoxy) is 1. The molecule has 0 amide bonds. The van der Waals surface area contributed by atoms with Gasteiger partial charge in [0.15, 0.2) is 0 Å². The van der Waals surface area contributed by atoms with Crippen molar-refractivity contribution in [2.45, 2.75) is 26.6 Å². The molecular formula is C21H19N3O3S. The zero-order chi connectivity index (χ0) is 19.7. The van der Waals surface area contributed by atoms with Crippen LogP contribution in [0.15, 0.2) is 60.0 Å². The molecule has 28 heavy (non-hydrogen) atoms. The third-order valence-corrected chi connectivity index (χ3v) is 5.57. The summed E-state index contributed by atoms with van der Waals surface area (Å²) >= 11 is 1.63. The molecule has 0 aliphatic rings. The number of aromatic nitrogens is 3. The van der Waals surface area contributed by atoms with E-state index in [4.69, 9.17) is 4.74 Å². The monoisotopic (exact) mass is 393 g/mol. The van der Waals surface area contributed by atoms with E-state index in [-0.39, 0.29) is 18.7 Å². The minimum atomic E-state index is -0.503. The van der Waals surface area contributed by atoms with Crippen LogP contribution in [0.3, 0.4) is 0 Å². The molecule has 0 aliphatic carbocycles. The van der Waals surface area contributed by atoms with Crippen LogP contribution < -0.4 is 5.56 Å². The van der Waals surface area contributed by atoms with Crippen molar-refractivity contribution in [3.8, 4) is 0 Å². The molecule has 0 saturated heterocycles. The summed E-state index contributed by atoms with van der Waals surface area (Å²) in [6.45, 7) is 6.27. The first kappa shape index (κ1) is 18.2. The molecule has 1 aromatic carbocycles. The molecule has 6 nitrogen and oxygen atoms in total. The Labute approximate surface area is 165 Å². The van der Waals surface area contributed by atoms with Gasteiger partial charge in [-0.1, -0.05) is 36.4 Å². The summed E-state index contributed by atoms with van der Waals surface area (Å²) < 4.78 is 9.39. The molecule has 0 spiro atoms. The molecule has 0 saturated carbocycles. The lowest BCUT2D eigenvalue weighted by Crippen LogP contribution is -2.28. The van der Waals surface area contributed by atoms with Gasteiger partial charge in [-0.3, -0.25) is 9.59 Å². The molecular weight excluding hydrogens is 374 g/mol. The average Bonchev–Trinajstić information content (AvgIpc) is 3.20. The standard InChI is InChI=1S/C21H19N3O3S/c1-3-9-23-17-10-14(2)28-20(17)16-11-22-24(21(26)19(16)23)12-18(25)27-13-15-7-5-4-6-8-15/h3-8,10-11H,1,9,12-13H2,2H3. The van der Waals surface area contributed by atoms with E-state index >= 15 is 0 Å². The van der Waals surface area contributed by atoms with E-state index in [0.717, 1.165) is 25.8 Å². The van der Waals surface area contributed by atoms with Gasteiger partial charge in [0.1, 0.15) is 18.7 Å². The number of rotatable bonds is 6. The minimum absolute atomic E-state index is 0.165. The van der Waals surface area contributed by atoms with Gasteiger partial charge < -0.3 is 9.30 Å². The number of carbonyl (C=O) groups is 1. The highest BCUT2D eigenvalue weighted by atomic mass is 32.1. The van der Waals surface area contributed by atoms with Gasteiger partial charge in [-0.25, -0.2) is 4.68 Å². The molecule has 142 valence electrons. The molecule has 0 bridgehead atoms. The van der Waals surface area contributed by atoms with Crippen molar-refractivity contribution in [3.63, 3.8) is 0 Å². The van der Waals surface area contributed by atoms with E-state index in [9.17, 15) is 9.59 Å². The van der Waals surface area contributed by atoms with Gasteiger partial charge in [0.2, 0.25) is 0 Å². The first-order chi connectivity index (χ1) is 13.6. The van der Waals surface area contributed by atoms with Crippen molar-refractivity contribution in [1.29, 1.82) is 0 Å². The van der Waals surface area contributed by atoms with Crippen LogP contribution in [0.5, 0.6) is 0 Å². The van der Waals surface area contributed by atoms with Crippen molar-refractivity contribution in [2.24, 2.45) is 0 Å². The van der Waals surface area contributed by atoms with Crippen LogP contribution in [0.2, 0.25) is 0 Å². The lowest BCUT2D eigenvalue weighted by Gasteiger charge is -2.08. The fourth-order valence-electron chi connectivity index (χ4n) is 3.26. The van der Waals surface area contributed by atoms with Crippen LogP contribution in [-0.4, -0.2) is 20.3 Å². The van der Waals surface area contributed by atoms with E-state index in [1.54, 1.807) is 23.6 Å². The molecule has 0 radical (unpaired) electrons. The second-order valence-corrected chi connectivity index (χ2v) is 7.74. The molecule has 4 aromatic rings. The zero-order valence-corrected chi connectivity index (χ0v) is 16.2. The molecule has 3 heterocycles. The lowest BCUT2D eigenvalue weighted by molar-refractivity contribution is -0.146. The van der Waals surface area contributed by atoms with Crippen LogP contribution in [0.1, 0.15) is 10.4 Å². The second-order valence-electron chi connectivity index (χ2n) is 6.49. The third kappa shape index (κ3) is 3.25. The van der Waals surface area contributed by atoms with Gasteiger partial charge in [-0.2, -0.15) is 5.10 Å². The Bertz CT molecular complexity index is 1230. The van der Waals surface area contributed by atoms with Gasteiger partial charge in [0.05, 0.1) is 16.4 Å². The molecule has 0 fully saturated rings. The number of nitrogens with zero attached hydrogens (tertiary/aromatic N) is 3. The molecule has 0 atom stereocenters. The topological polar surface area (TPSA) is 66.1 Å². The highest BCUT2D eigenvalue weighted by Crippen LogP contribution is 2.33. The minimum Gasteiger partial charge on any atom is -0.459 e. The van der Waals surface area contributed by atoms with Gasteiger partial charge in [-0.15, -0.1) is 17.9 Å². The summed E-state index contributed by atoms with van der Waals surface area (Å²) in [5.74, 6) is -0.503. The van der Waals surface area contributed by atoms with Crippen LogP contribution in [0, 0.1) is 6.92 Å². The Morgan fingerprint density at radius 3 is 2.86 bits per heavy atom. The maximum Gasteiger partial charge on any atom is 0.328 e. The molecule has 3 aromatic heterocycles. The SMILES string of the molecule is C=CCn1c2cc(C)sc2c2cnn(CC(=O)OCc3ccccc3)c(=O)c21. The summed E-state index contributed by atoms with van der Waals surface area (Å²) in [7, 11) is 0. The van der Waals surface area contributed by atoms with E-state index in [2.05, 4.69) is 17.7 Å². The molecule has 0 N–H and O–H groups in total. The highest BCUT2D eigenvalue weighted by molar-refractivity contribution is 7.20. The Balaban J connectivity index is 1.65. The average molecular weight is 393 g/mol. The number of esters is 1. The Kier molecular flexibility index (Phi) is 4.83.